The predicted molar refractivity (Wildman–Crippen MR) is 83.1 cm³/mol. The second kappa shape index (κ2) is 6.41. The molecule has 2 rings (SSSR count). The van der Waals surface area contributed by atoms with E-state index in [1.54, 1.807) is 43.5 Å². The highest BCUT2D eigenvalue weighted by molar-refractivity contribution is 6.00. The molecule has 1 N–H and O–H groups in total. The van der Waals surface area contributed by atoms with Gasteiger partial charge in [-0.2, -0.15) is 0 Å². The number of hydrogen-bond acceptors (Lipinski definition) is 4. The van der Waals surface area contributed by atoms with Crippen molar-refractivity contribution >= 4 is 11.5 Å². The molecule has 0 aliphatic rings. The fourth-order valence-corrected chi connectivity index (χ4v) is 2.02. The Morgan fingerprint density at radius 3 is 2.10 bits per heavy atom. The van der Waals surface area contributed by atoms with Crippen molar-refractivity contribution in [2.45, 2.75) is 6.10 Å². The van der Waals surface area contributed by atoms with Crippen molar-refractivity contribution in [2.24, 2.45) is 0 Å². The minimum absolute atomic E-state index is 0.324. The van der Waals surface area contributed by atoms with Crippen LogP contribution in [0.15, 0.2) is 48.5 Å². The standard InChI is InChI=1S/C17H19NO3/c1-18(2)14-8-4-12(5-9-14)16(19)17(20)13-6-10-15(21-3)11-7-13/h4-11,16,19H,1-3H3. The SMILES string of the molecule is COc1ccc(C(=O)C(O)c2ccc(N(C)C)cc2)cc1. The highest BCUT2D eigenvalue weighted by Gasteiger charge is 2.19. The molecule has 2 aromatic rings. The number of carbonyl (C=O) groups excluding carboxylic acids is 1. The van der Waals surface area contributed by atoms with E-state index >= 15 is 0 Å². The van der Waals surface area contributed by atoms with Gasteiger partial charge < -0.3 is 14.7 Å². The van der Waals surface area contributed by atoms with E-state index in [9.17, 15) is 9.90 Å². The van der Waals surface area contributed by atoms with Gasteiger partial charge in [0.1, 0.15) is 11.9 Å². The Morgan fingerprint density at radius 1 is 1.05 bits per heavy atom. The lowest BCUT2D eigenvalue weighted by Crippen LogP contribution is -2.13. The zero-order chi connectivity index (χ0) is 15.4. The summed E-state index contributed by atoms with van der Waals surface area (Å²) in [5.74, 6) is 0.353. The van der Waals surface area contributed by atoms with Crippen LogP contribution in [0.2, 0.25) is 0 Å². The molecule has 0 spiro atoms. The molecule has 110 valence electrons. The number of aliphatic hydroxyl groups is 1. The lowest BCUT2D eigenvalue weighted by molar-refractivity contribution is 0.0747. The molecule has 21 heavy (non-hydrogen) atoms. The summed E-state index contributed by atoms with van der Waals surface area (Å²) in [7, 11) is 5.44. The van der Waals surface area contributed by atoms with E-state index in [-0.39, 0.29) is 5.78 Å². The van der Waals surface area contributed by atoms with Gasteiger partial charge in [0, 0.05) is 25.3 Å². The van der Waals surface area contributed by atoms with Crippen LogP contribution in [0.5, 0.6) is 5.75 Å². The number of benzene rings is 2. The number of aliphatic hydroxyl groups excluding tert-OH is 1. The van der Waals surface area contributed by atoms with Gasteiger partial charge in [0.05, 0.1) is 7.11 Å². The van der Waals surface area contributed by atoms with Crippen molar-refractivity contribution < 1.29 is 14.6 Å². The fourth-order valence-electron chi connectivity index (χ4n) is 2.02. The molecule has 1 unspecified atom stereocenters. The quantitative estimate of drug-likeness (QED) is 0.858. The highest BCUT2D eigenvalue weighted by atomic mass is 16.5. The Bertz CT molecular complexity index is 603. The van der Waals surface area contributed by atoms with Gasteiger partial charge in [-0.05, 0) is 42.0 Å². The summed E-state index contributed by atoms with van der Waals surface area (Å²) in [4.78, 5) is 14.2. The van der Waals surface area contributed by atoms with Gasteiger partial charge in [0.25, 0.3) is 0 Å². The smallest absolute Gasteiger partial charge is 0.195 e. The van der Waals surface area contributed by atoms with Gasteiger partial charge >= 0.3 is 0 Å². The van der Waals surface area contributed by atoms with Gasteiger partial charge in [-0.3, -0.25) is 4.79 Å². The number of ketones is 1. The fraction of sp³-hybridized carbons (Fsp3) is 0.235. The van der Waals surface area contributed by atoms with E-state index in [1.165, 1.54) is 0 Å². The molecule has 0 amide bonds. The molecule has 0 aliphatic heterocycles. The third kappa shape index (κ3) is 3.41. The molecule has 0 fully saturated rings. The minimum atomic E-state index is -1.16. The summed E-state index contributed by atoms with van der Waals surface area (Å²) < 4.78 is 5.05. The maximum absolute atomic E-state index is 12.3. The second-order valence-corrected chi connectivity index (χ2v) is 4.98. The Morgan fingerprint density at radius 2 is 1.62 bits per heavy atom. The molecule has 4 nitrogen and oxygen atoms in total. The van der Waals surface area contributed by atoms with Crippen LogP contribution in [0.3, 0.4) is 0 Å². The van der Waals surface area contributed by atoms with Crippen LogP contribution < -0.4 is 9.64 Å². The molecular formula is C17H19NO3. The first kappa shape index (κ1) is 15.1. The average molecular weight is 285 g/mol. The first-order valence-corrected chi connectivity index (χ1v) is 6.66. The van der Waals surface area contributed by atoms with E-state index in [2.05, 4.69) is 0 Å². The van der Waals surface area contributed by atoms with Gasteiger partial charge in [0.2, 0.25) is 0 Å². The van der Waals surface area contributed by atoms with Crippen LogP contribution in [0, 0.1) is 0 Å². The number of methoxy groups -OCH3 is 1. The van der Waals surface area contributed by atoms with Gasteiger partial charge in [0.15, 0.2) is 5.78 Å². The van der Waals surface area contributed by atoms with Crippen LogP contribution in [0.4, 0.5) is 5.69 Å². The molecule has 0 bridgehead atoms. The summed E-state index contributed by atoms with van der Waals surface area (Å²) in [5, 5.41) is 10.2. The third-order valence-electron chi connectivity index (χ3n) is 3.35. The predicted octanol–water partition coefficient (Wildman–Crippen LogP) is 2.68. The van der Waals surface area contributed by atoms with Crippen LogP contribution in [-0.4, -0.2) is 32.1 Å². The van der Waals surface area contributed by atoms with Crippen LogP contribution in [0.1, 0.15) is 22.0 Å². The molecule has 1 atom stereocenters. The zero-order valence-electron chi connectivity index (χ0n) is 12.4. The lowest BCUT2D eigenvalue weighted by Gasteiger charge is -2.15. The lowest BCUT2D eigenvalue weighted by atomic mass is 9.99. The number of rotatable bonds is 5. The van der Waals surface area contributed by atoms with Crippen LogP contribution in [0.25, 0.3) is 0 Å². The first-order chi connectivity index (χ1) is 10.0. The number of Topliss-reactive ketones (excluding diaryl/α,β-unsaturated/α-hetero) is 1. The molecule has 0 aliphatic carbocycles. The van der Waals surface area contributed by atoms with Crippen LogP contribution in [-0.2, 0) is 0 Å². The largest absolute Gasteiger partial charge is 0.497 e. The molecule has 0 saturated carbocycles. The Hall–Kier alpha value is -2.33. The summed E-state index contributed by atoms with van der Waals surface area (Å²) >= 11 is 0. The molecule has 4 heteroatoms. The number of carbonyl (C=O) groups is 1. The van der Waals surface area contributed by atoms with Crippen molar-refractivity contribution in [1.29, 1.82) is 0 Å². The van der Waals surface area contributed by atoms with E-state index < -0.39 is 6.10 Å². The normalized spacial score (nSPS) is 11.8. The van der Waals surface area contributed by atoms with Gasteiger partial charge in [-0.1, -0.05) is 12.1 Å². The van der Waals surface area contributed by atoms with Gasteiger partial charge in [-0.15, -0.1) is 0 Å². The van der Waals surface area contributed by atoms with E-state index in [4.69, 9.17) is 4.74 Å². The number of nitrogens with zero attached hydrogens (tertiary/aromatic N) is 1. The number of hydrogen-bond donors (Lipinski definition) is 1. The Kier molecular flexibility index (Phi) is 4.60. The maximum Gasteiger partial charge on any atom is 0.195 e. The molecule has 0 saturated heterocycles. The number of anilines is 1. The monoisotopic (exact) mass is 285 g/mol. The van der Waals surface area contributed by atoms with E-state index in [0.717, 1.165) is 5.69 Å². The Labute approximate surface area is 124 Å². The average Bonchev–Trinajstić information content (AvgIpc) is 2.53. The van der Waals surface area contributed by atoms with Crippen molar-refractivity contribution in [1.82, 2.24) is 0 Å². The first-order valence-electron chi connectivity index (χ1n) is 6.66. The summed E-state index contributed by atoms with van der Waals surface area (Å²) in [6.45, 7) is 0. The molecule has 0 heterocycles. The molecule has 2 aromatic carbocycles. The minimum Gasteiger partial charge on any atom is -0.497 e. The summed E-state index contributed by atoms with van der Waals surface area (Å²) in [6, 6.07) is 14.0. The summed E-state index contributed by atoms with van der Waals surface area (Å²) in [6.07, 6.45) is -1.16. The maximum atomic E-state index is 12.3. The van der Waals surface area contributed by atoms with Crippen molar-refractivity contribution in [3.05, 3.63) is 59.7 Å². The highest BCUT2D eigenvalue weighted by Crippen LogP contribution is 2.22. The molecule has 0 aromatic heterocycles. The van der Waals surface area contributed by atoms with Crippen LogP contribution >= 0.6 is 0 Å². The van der Waals surface area contributed by atoms with Gasteiger partial charge in [-0.25, -0.2) is 0 Å². The van der Waals surface area contributed by atoms with E-state index in [0.29, 0.717) is 16.9 Å². The third-order valence-corrected chi connectivity index (χ3v) is 3.35. The van der Waals surface area contributed by atoms with E-state index in [1.807, 2.05) is 31.1 Å². The number of ether oxygens (including phenoxy) is 1. The summed E-state index contributed by atoms with van der Waals surface area (Å²) in [5.41, 5.74) is 2.06. The second-order valence-electron chi connectivity index (χ2n) is 4.98. The Balaban J connectivity index is 2.17. The molecule has 0 radical (unpaired) electrons. The van der Waals surface area contributed by atoms with Crippen molar-refractivity contribution in [2.75, 3.05) is 26.1 Å². The van der Waals surface area contributed by atoms with Crippen molar-refractivity contribution in [3.63, 3.8) is 0 Å². The van der Waals surface area contributed by atoms with Crippen molar-refractivity contribution in [3.8, 4) is 5.75 Å². The zero-order valence-corrected chi connectivity index (χ0v) is 12.4. The molecular weight excluding hydrogens is 266 g/mol. The topological polar surface area (TPSA) is 49.8 Å².